The molecule has 0 saturated heterocycles. The zero-order valence-corrected chi connectivity index (χ0v) is 16.1. The summed E-state index contributed by atoms with van der Waals surface area (Å²) >= 11 is 0. The first kappa shape index (κ1) is 21.0. The fourth-order valence-electron chi connectivity index (χ4n) is 2.69. The quantitative estimate of drug-likeness (QED) is 0.412. The second-order valence-electron chi connectivity index (χ2n) is 5.73. The van der Waals surface area contributed by atoms with Crippen molar-refractivity contribution >= 4 is 29.9 Å². The minimum atomic E-state index is -4.07. The van der Waals surface area contributed by atoms with Crippen molar-refractivity contribution in [2.45, 2.75) is 51.4 Å². The van der Waals surface area contributed by atoms with E-state index in [0.717, 1.165) is 5.82 Å². The molecule has 0 aromatic carbocycles. The standard InChI is InChI=1S/C14H23F3N6.HI/c1-3-18-13(19-8-12-20-9-21-23(12)2)22-11-6-4-10(5-7-11)14(15,16)17;/h9-11H,3-8H2,1-2H3,(H2,18,19,22);1H. The molecule has 0 aliphatic heterocycles. The van der Waals surface area contributed by atoms with Crippen LogP contribution in [0.15, 0.2) is 11.3 Å². The topological polar surface area (TPSA) is 67.1 Å². The SMILES string of the molecule is CCNC(=NCc1ncnn1C)NC1CCC(C(F)(F)F)CC1.I. The lowest BCUT2D eigenvalue weighted by Gasteiger charge is -2.31. The molecule has 6 nitrogen and oxygen atoms in total. The third-order valence-corrected chi connectivity index (χ3v) is 4.06. The van der Waals surface area contributed by atoms with Crippen LogP contribution in [0.1, 0.15) is 38.4 Å². The lowest BCUT2D eigenvalue weighted by molar-refractivity contribution is -0.182. The van der Waals surface area contributed by atoms with Crippen molar-refractivity contribution in [3.05, 3.63) is 12.2 Å². The maximum atomic E-state index is 12.7. The van der Waals surface area contributed by atoms with E-state index in [0.29, 0.717) is 31.9 Å². The van der Waals surface area contributed by atoms with E-state index in [2.05, 4.69) is 25.7 Å². The first-order valence-electron chi connectivity index (χ1n) is 7.84. The summed E-state index contributed by atoms with van der Waals surface area (Å²) in [6.45, 7) is 2.99. The smallest absolute Gasteiger partial charge is 0.357 e. The first-order valence-corrected chi connectivity index (χ1v) is 7.84. The summed E-state index contributed by atoms with van der Waals surface area (Å²) in [5.41, 5.74) is 0. The van der Waals surface area contributed by atoms with Crippen molar-refractivity contribution in [2.75, 3.05) is 6.54 Å². The van der Waals surface area contributed by atoms with Crippen LogP contribution in [0.25, 0.3) is 0 Å². The molecule has 1 saturated carbocycles. The van der Waals surface area contributed by atoms with Crippen molar-refractivity contribution in [3.63, 3.8) is 0 Å². The maximum Gasteiger partial charge on any atom is 0.391 e. The Morgan fingerprint density at radius 1 is 1.33 bits per heavy atom. The number of aliphatic imine (C=N–C) groups is 1. The normalized spacial score (nSPS) is 22.0. The molecule has 0 bridgehead atoms. The largest absolute Gasteiger partial charge is 0.391 e. The molecule has 0 radical (unpaired) electrons. The Kier molecular flexibility index (Phi) is 8.23. The molecule has 1 aliphatic carbocycles. The number of hydrogen-bond acceptors (Lipinski definition) is 3. The number of hydrogen-bond donors (Lipinski definition) is 2. The van der Waals surface area contributed by atoms with Gasteiger partial charge >= 0.3 is 6.18 Å². The Bertz CT molecular complexity index is 523. The van der Waals surface area contributed by atoms with Gasteiger partial charge in [-0.15, -0.1) is 24.0 Å². The third-order valence-electron chi connectivity index (χ3n) is 4.06. The average molecular weight is 460 g/mol. The summed E-state index contributed by atoms with van der Waals surface area (Å²) in [4.78, 5) is 8.52. The van der Waals surface area contributed by atoms with Gasteiger partial charge in [-0.2, -0.15) is 18.3 Å². The molecule has 0 spiro atoms. The van der Waals surface area contributed by atoms with Crippen LogP contribution >= 0.6 is 24.0 Å². The molecule has 2 N–H and O–H groups in total. The fraction of sp³-hybridized carbons (Fsp3) is 0.786. The Morgan fingerprint density at radius 2 is 2.00 bits per heavy atom. The summed E-state index contributed by atoms with van der Waals surface area (Å²) < 4.78 is 39.7. The first-order chi connectivity index (χ1) is 10.9. The average Bonchev–Trinajstić information content (AvgIpc) is 2.90. The molecule has 24 heavy (non-hydrogen) atoms. The Balaban J connectivity index is 0.00000288. The Labute approximate surface area is 156 Å². The van der Waals surface area contributed by atoms with E-state index in [1.807, 2.05) is 6.92 Å². The van der Waals surface area contributed by atoms with Gasteiger partial charge in [0.2, 0.25) is 0 Å². The Morgan fingerprint density at radius 3 is 2.50 bits per heavy atom. The van der Waals surface area contributed by atoms with E-state index in [1.54, 1.807) is 11.7 Å². The van der Waals surface area contributed by atoms with E-state index in [1.165, 1.54) is 6.33 Å². The van der Waals surface area contributed by atoms with Crippen LogP contribution in [0.4, 0.5) is 13.2 Å². The molecule has 1 aliphatic rings. The van der Waals surface area contributed by atoms with Crippen LogP contribution in [0.2, 0.25) is 0 Å². The minimum Gasteiger partial charge on any atom is -0.357 e. The Hall–Kier alpha value is -1.07. The molecule has 10 heteroatoms. The second-order valence-corrected chi connectivity index (χ2v) is 5.73. The van der Waals surface area contributed by atoms with E-state index in [9.17, 15) is 13.2 Å². The molecule has 138 valence electrons. The summed E-state index contributed by atoms with van der Waals surface area (Å²) in [5.74, 6) is 0.160. The molecule has 1 aromatic rings. The molecule has 0 amide bonds. The molecular weight excluding hydrogens is 436 g/mol. The monoisotopic (exact) mass is 460 g/mol. The predicted molar refractivity (Wildman–Crippen MR) is 96.2 cm³/mol. The van der Waals surface area contributed by atoms with Crippen molar-refractivity contribution in [3.8, 4) is 0 Å². The van der Waals surface area contributed by atoms with Crippen LogP contribution in [0.5, 0.6) is 0 Å². The summed E-state index contributed by atoms with van der Waals surface area (Å²) in [6.07, 6.45) is -1.27. The molecule has 0 unspecified atom stereocenters. The van der Waals surface area contributed by atoms with Crippen molar-refractivity contribution in [2.24, 2.45) is 18.0 Å². The van der Waals surface area contributed by atoms with Gasteiger partial charge in [0.1, 0.15) is 18.7 Å². The number of halogens is 4. The van der Waals surface area contributed by atoms with E-state index in [-0.39, 0.29) is 42.9 Å². The summed E-state index contributed by atoms with van der Waals surface area (Å²) in [7, 11) is 1.79. The van der Waals surface area contributed by atoms with Crippen LogP contribution in [-0.2, 0) is 13.6 Å². The number of rotatable bonds is 4. The number of alkyl halides is 3. The van der Waals surface area contributed by atoms with E-state index < -0.39 is 12.1 Å². The fourth-order valence-corrected chi connectivity index (χ4v) is 2.69. The van der Waals surface area contributed by atoms with Gasteiger partial charge in [-0.05, 0) is 32.6 Å². The second kappa shape index (κ2) is 9.42. The zero-order chi connectivity index (χ0) is 16.9. The molecule has 1 fully saturated rings. The highest BCUT2D eigenvalue weighted by Crippen LogP contribution is 2.37. The van der Waals surface area contributed by atoms with Crippen molar-refractivity contribution < 1.29 is 13.2 Å². The zero-order valence-electron chi connectivity index (χ0n) is 13.8. The maximum absolute atomic E-state index is 12.7. The highest BCUT2D eigenvalue weighted by Gasteiger charge is 2.41. The number of guanidine groups is 1. The highest BCUT2D eigenvalue weighted by molar-refractivity contribution is 14.0. The van der Waals surface area contributed by atoms with E-state index in [4.69, 9.17) is 0 Å². The van der Waals surface area contributed by atoms with Gasteiger partial charge in [-0.25, -0.2) is 9.98 Å². The molecule has 1 heterocycles. The minimum absolute atomic E-state index is 0. The van der Waals surface area contributed by atoms with Crippen LogP contribution in [0, 0.1) is 5.92 Å². The van der Waals surface area contributed by atoms with Gasteiger partial charge in [0.25, 0.3) is 0 Å². The third kappa shape index (κ3) is 6.10. The van der Waals surface area contributed by atoms with Gasteiger partial charge < -0.3 is 10.6 Å². The summed E-state index contributed by atoms with van der Waals surface area (Å²) in [6, 6.07) is 0.0193. The van der Waals surface area contributed by atoms with Gasteiger partial charge in [0.15, 0.2) is 5.96 Å². The van der Waals surface area contributed by atoms with Gasteiger partial charge in [-0.1, -0.05) is 0 Å². The number of aryl methyl sites for hydroxylation is 1. The lowest BCUT2D eigenvalue weighted by atomic mass is 9.85. The number of aromatic nitrogens is 3. The summed E-state index contributed by atoms with van der Waals surface area (Å²) in [5, 5.41) is 10.3. The van der Waals surface area contributed by atoms with Crippen LogP contribution in [0.3, 0.4) is 0 Å². The molecule has 2 rings (SSSR count). The van der Waals surface area contributed by atoms with Crippen molar-refractivity contribution in [1.29, 1.82) is 0 Å². The van der Waals surface area contributed by atoms with Gasteiger partial charge in [0, 0.05) is 19.6 Å². The van der Waals surface area contributed by atoms with Crippen LogP contribution < -0.4 is 10.6 Å². The predicted octanol–water partition coefficient (Wildman–Crippen LogP) is 2.61. The number of nitrogens with zero attached hydrogens (tertiary/aromatic N) is 4. The lowest BCUT2D eigenvalue weighted by Crippen LogP contribution is -2.45. The molecule has 0 atom stereocenters. The highest BCUT2D eigenvalue weighted by atomic mass is 127. The van der Waals surface area contributed by atoms with E-state index >= 15 is 0 Å². The molecular formula is C14H24F3IN6. The van der Waals surface area contributed by atoms with Gasteiger partial charge in [0.05, 0.1) is 5.92 Å². The van der Waals surface area contributed by atoms with Crippen LogP contribution in [-0.4, -0.2) is 39.5 Å². The number of nitrogens with one attached hydrogen (secondary N) is 2. The van der Waals surface area contributed by atoms with Gasteiger partial charge in [-0.3, -0.25) is 4.68 Å². The van der Waals surface area contributed by atoms with Crippen molar-refractivity contribution in [1.82, 2.24) is 25.4 Å². The molecule has 1 aromatic heterocycles.